The van der Waals surface area contributed by atoms with Crippen LogP contribution in [-0.2, 0) is 17.9 Å². The molecule has 0 atom stereocenters. The molecule has 34 valence electrons. The van der Waals surface area contributed by atoms with E-state index in [1.807, 2.05) is 6.08 Å². The van der Waals surface area contributed by atoms with Gasteiger partial charge in [-0.25, -0.2) is 0 Å². The molecule has 0 nitrogen and oxygen atoms in total. The summed E-state index contributed by atoms with van der Waals surface area (Å²) in [6.45, 7) is 5.03. The summed E-state index contributed by atoms with van der Waals surface area (Å²) in [5, 5.41) is 0. The van der Waals surface area contributed by atoms with Crippen LogP contribution in [0.3, 0.4) is 0 Å². The molecule has 0 aliphatic heterocycles. The first-order valence-corrected chi connectivity index (χ1v) is 3.80. The van der Waals surface area contributed by atoms with Gasteiger partial charge in [0.2, 0.25) is 0 Å². The van der Waals surface area contributed by atoms with E-state index in [9.17, 15) is 0 Å². The fourth-order valence-corrected chi connectivity index (χ4v) is 0.538. The van der Waals surface area contributed by atoms with Gasteiger partial charge in [0.05, 0.1) is 0 Å². The Kier molecular flexibility index (Phi) is 4.69. The monoisotopic (exact) mass is 161 g/mol. The molecular weight excluding hydrogens is 158 g/mol. The second-order valence-electron chi connectivity index (χ2n) is 1.04. The summed E-state index contributed by atoms with van der Waals surface area (Å²) >= 11 is 5.13. The van der Waals surface area contributed by atoms with E-state index in [2.05, 4.69) is 12.6 Å². The molecule has 2 heteroatoms. The fraction of sp³-hybridized carbons (Fsp3) is 0. The van der Waals surface area contributed by atoms with Crippen molar-refractivity contribution in [3.8, 4) is 0 Å². The van der Waals surface area contributed by atoms with Gasteiger partial charge in [-0.05, 0) is 0 Å². The maximum absolute atomic E-state index is 5.03. The predicted octanol–water partition coefficient (Wildman–Crippen LogP) is 1.14. The average Bonchev–Trinajstić information content (AvgIpc) is 1.61. The van der Waals surface area contributed by atoms with Crippen molar-refractivity contribution < 1.29 is 17.9 Å². The minimum absolute atomic E-state index is 1.08. The zero-order chi connectivity index (χ0) is 5.70. The van der Waals surface area contributed by atoms with E-state index in [-0.39, 0.29) is 0 Å². The summed E-state index contributed by atoms with van der Waals surface area (Å²) < 4.78 is 1.08. The molecule has 7 heavy (non-hydrogen) atoms. The summed E-state index contributed by atoms with van der Waals surface area (Å²) in [6.07, 6.45) is 5.14. The maximum atomic E-state index is 5.03. The van der Waals surface area contributed by atoms with E-state index in [1.165, 1.54) is 6.08 Å². The van der Waals surface area contributed by atoms with Gasteiger partial charge in [0.15, 0.2) is 0 Å². The van der Waals surface area contributed by atoms with Crippen molar-refractivity contribution >= 4 is 16.1 Å². The molecule has 0 radical (unpaired) electrons. The topological polar surface area (TPSA) is 0 Å². The molecule has 0 saturated heterocycles. The average molecular weight is 163 g/mol. The third kappa shape index (κ3) is 6.32. The zero-order valence-electron chi connectivity index (χ0n) is 3.96. The zero-order valence-corrected chi connectivity index (χ0v) is 7.83. The molecule has 0 amide bonds. The molecular formula is C5H5SZn-. The summed E-state index contributed by atoms with van der Waals surface area (Å²) in [5.74, 6) is 0. The Morgan fingerprint density at radius 2 is 2.29 bits per heavy atom. The molecule has 0 heterocycles. The number of hydrogen-bond acceptors (Lipinski definition) is 1. The standard InChI is InChI=1S/C5H5S.Zn/c1-2-3-4-5-6;/h1-4,6H;/q-1;/b4-3-;. The van der Waals surface area contributed by atoms with Crippen molar-refractivity contribution in [2.24, 2.45) is 0 Å². The number of hydrogen-bond donors (Lipinski definition) is 1. The van der Waals surface area contributed by atoms with E-state index in [0.29, 0.717) is 0 Å². The predicted molar refractivity (Wildman–Crippen MR) is 32.0 cm³/mol. The van der Waals surface area contributed by atoms with Crippen LogP contribution in [-0.4, -0.2) is 3.44 Å². The first-order valence-electron chi connectivity index (χ1n) is 1.87. The Labute approximate surface area is 58.9 Å². The van der Waals surface area contributed by atoms with Crippen LogP contribution in [0, 0.1) is 6.58 Å². The van der Waals surface area contributed by atoms with Crippen molar-refractivity contribution in [1.29, 1.82) is 0 Å². The minimum atomic E-state index is 1.08. The summed E-state index contributed by atoms with van der Waals surface area (Å²) in [7, 11) is 0. The van der Waals surface area contributed by atoms with Gasteiger partial charge >= 0.3 is 58.7 Å². The van der Waals surface area contributed by atoms with Gasteiger partial charge in [-0.3, -0.25) is 0 Å². The van der Waals surface area contributed by atoms with Gasteiger partial charge in [-0.2, -0.15) is 0 Å². The fourth-order valence-electron chi connectivity index (χ4n) is 0.167. The van der Waals surface area contributed by atoms with Crippen molar-refractivity contribution in [1.82, 2.24) is 0 Å². The first-order chi connectivity index (χ1) is 3.27. The van der Waals surface area contributed by atoms with Gasteiger partial charge in [0.1, 0.15) is 0 Å². The van der Waals surface area contributed by atoms with E-state index >= 15 is 0 Å². The second kappa shape index (κ2) is 4.48. The SMILES string of the molecule is [CH-]=C/C=C\[C](S)=[Zn]. The molecule has 0 aromatic heterocycles. The van der Waals surface area contributed by atoms with Gasteiger partial charge in [-0.15, -0.1) is 0 Å². The summed E-state index contributed by atoms with van der Waals surface area (Å²) in [6, 6.07) is 0. The van der Waals surface area contributed by atoms with Crippen molar-refractivity contribution in [2.75, 3.05) is 0 Å². The molecule has 0 bridgehead atoms. The van der Waals surface area contributed by atoms with Crippen LogP contribution in [0.5, 0.6) is 0 Å². The third-order valence-corrected chi connectivity index (χ3v) is 1.04. The van der Waals surface area contributed by atoms with E-state index in [4.69, 9.17) is 6.58 Å². The molecule has 0 aliphatic rings. The van der Waals surface area contributed by atoms with Crippen LogP contribution in [0.2, 0.25) is 0 Å². The Balaban J connectivity index is 3.46. The summed E-state index contributed by atoms with van der Waals surface area (Å²) in [5.41, 5.74) is 0. The Morgan fingerprint density at radius 3 is 2.43 bits per heavy atom. The summed E-state index contributed by atoms with van der Waals surface area (Å²) in [4.78, 5) is 0. The van der Waals surface area contributed by atoms with Crippen LogP contribution in [0.15, 0.2) is 18.2 Å². The molecule has 0 saturated carbocycles. The van der Waals surface area contributed by atoms with Crippen molar-refractivity contribution in [2.45, 2.75) is 0 Å². The number of thiol groups is 1. The van der Waals surface area contributed by atoms with Gasteiger partial charge in [0, 0.05) is 0 Å². The number of rotatable bonds is 2. The van der Waals surface area contributed by atoms with E-state index < -0.39 is 0 Å². The van der Waals surface area contributed by atoms with Crippen LogP contribution in [0.25, 0.3) is 0 Å². The normalized spacial score (nSPS) is 9.57. The van der Waals surface area contributed by atoms with E-state index in [0.717, 1.165) is 21.3 Å². The third-order valence-electron chi connectivity index (χ3n) is 0.400. The quantitative estimate of drug-likeness (QED) is 0.268. The van der Waals surface area contributed by atoms with Gasteiger partial charge in [0.25, 0.3) is 0 Å². The molecule has 0 aromatic carbocycles. The van der Waals surface area contributed by atoms with Crippen LogP contribution in [0.1, 0.15) is 0 Å². The molecule has 0 rings (SSSR count). The molecule has 0 aromatic rings. The molecule has 0 unspecified atom stereocenters. The molecule has 0 aliphatic carbocycles. The van der Waals surface area contributed by atoms with Crippen molar-refractivity contribution in [3.63, 3.8) is 0 Å². The first kappa shape index (κ1) is 7.32. The van der Waals surface area contributed by atoms with Gasteiger partial charge < -0.3 is 0 Å². The molecule has 0 fully saturated rings. The van der Waals surface area contributed by atoms with Crippen molar-refractivity contribution in [3.05, 3.63) is 24.8 Å². The second-order valence-corrected chi connectivity index (χ2v) is 4.46. The van der Waals surface area contributed by atoms with Crippen LogP contribution >= 0.6 is 12.6 Å². The van der Waals surface area contributed by atoms with E-state index in [1.54, 1.807) is 6.08 Å². The number of allylic oxidation sites excluding steroid dienone is 2. The molecule has 0 N–H and O–H groups in total. The van der Waals surface area contributed by atoms with Crippen LogP contribution < -0.4 is 0 Å². The van der Waals surface area contributed by atoms with Crippen LogP contribution in [0.4, 0.5) is 0 Å². The Hall–Kier alpha value is 0.323. The Bertz CT molecular complexity index is 105. The van der Waals surface area contributed by atoms with Gasteiger partial charge in [-0.1, -0.05) is 0 Å². The Morgan fingerprint density at radius 1 is 1.71 bits per heavy atom. The molecule has 0 spiro atoms.